The van der Waals surface area contributed by atoms with E-state index in [2.05, 4.69) is 10.2 Å². The molecule has 0 spiro atoms. The summed E-state index contributed by atoms with van der Waals surface area (Å²) in [6.45, 7) is 5.29. The van der Waals surface area contributed by atoms with Crippen molar-refractivity contribution in [2.75, 3.05) is 7.05 Å². The number of pyridine rings is 1. The van der Waals surface area contributed by atoms with E-state index in [1.807, 2.05) is 72.9 Å². The molecule has 0 bridgehead atoms. The summed E-state index contributed by atoms with van der Waals surface area (Å²) >= 11 is 0. The van der Waals surface area contributed by atoms with Crippen LogP contribution in [0.5, 0.6) is 0 Å². The Kier molecular flexibility index (Phi) is 4.88. The van der Waals surface area contributed by atoms with E-state index in [0.29, 0.717) is 12.1 Å². The molecule has 0 saturated carbocycles. The van der Waals surface area contributed by atoms with Gasteiger partial charge in [-0.05, 0) is 32.0 Å². The maximum absolute atomic E-state index is 13.4. The van der Waals surface area contributed by atoms with Gasteiger partial charge in [0.2, 0.25) is 0 Å². The first kappa shape index (κ1) is 18.9. The van der Waals surface area contributed by atoms with Crippen LogP contribution in [0.1, 0.15) is 28.7 Å². The fraction of sp³-hybridized carbons (Fsp3) is 0.273. The summed E-state index contributed by atoms with van der Waals surface area (Å²) in [4.78, 5) is 19.8. The summed E-state index contributed by atoms with van der Waals surface area (Å²) in [6.07, 6.45) is 3.72. The van der Waals surface area contributed by atoms with Crippen molar-refractivity contribution in [3.63, 3.8) is 0 Å². The number of amides is 1. The number of fused-ring (bicyclic) bond motifs is 1. The average molecular weight is 388 g/mol. The predicted octanol–water partition coefficient (Wildman–Crippen LogP) is 3.43. The molecule has 0 aliphatic heterocycles. The van der Waals surface area contributed by atoms with Gasteiger partial charge in [-0.2, -0.15) is 10.2 Å². The van der Waals surface area contributed by atoms with Crippen molar-refractivity contribution >= 4 is 16.8 Å². The molecule has 4 rings (SSSR count). The second-order valence-corrected chi connectivity index (χ2v) is 7.16. The molecule has 0 saturated heterocycles. The van der Waals surface area contributed by atoms with Crippen molar-refractivity contribution in [2.24, 2.45) is 7.05 Å². The van der Waals surface area contributed by atoms with Crippen molar-refractivity contribution in [2.45, 2.75) is 26.9 Å². The second-order valence-electron chi connectivity index (χ2n) is 7.16. The Labute approximate surface area is 169 Å². The summed E-state index contributed by atoms with van der Waals surface area (Å²) < 4.78 is 3.67. The molecule has 1 aromatic carbocycles. The summed E-state index contributed by atoms with van der Waals surface area (Å²) in [7, 11) is 3.70. The number of aryl methyl sites for hydroxylation is 2. The molecule has 0 aliphatic carbocycles. The van der Waals surface area contributed by atoms with Gasteiger partial charge >= 0.3 is 0 Å². The molecule has 4 aromatic rings. The normalized spacial score (nSPS) is 11.2. The zero-order valence-electron chi connectivity index (χ0n) is 17.1. The van der Waals surface area contributed by atoms with E-state index in [1.165, 1.54) is 0 Å². The Morgan fingerprint density at radius 1 is 1.21 bits per heavy atom. The molecule has 0 fully saturated rings. The minimum Gasteiger partial charge on any atom is -0.336 e. The van der Waals surface area contributed by atoms with Crippen LogP contribution in [0.4, 0.5) is 0 Å². The first-order valence-electron chi connectivity index (χ1n) is 9.64. The summed E-state index contributed by atoms with van der Waals surface area (Å²) in [5, 5.41) is 9.65. The van der Waals surface area contributed by atoms with Gasteiger partial charge in [0.1, 0.15) is 0 Å². The molecule has 0 atom stereocenters. The van der Waals surface area contributed by atoms with Gasteiger partial charge in [0.25, 0.3) is 5.91 Å². The fourth-order valence-corrected chi connectivity index (χ4v) is 3.43. The topological polar surface area (TPSA) is 68.8 Å². The molecular formula is C22H24N6O. The van der Waals surface area contributed by atoms with Crippen LogP contribution in [-0.4, -0.2) is 42.4 Å². The summed E-state index contributed by atoms with van der Waals surface area (Å²) in [5.74, 6) is -0.0579. The van der Waals surface area contributed by atoms with E-state index in [-0.39, 0.29) is 5.91 Å². The van der Waals surface area contributed by atoms with Gasteiger partial charge in [0, 0.05) is 43.5 Å². The highest BCUT2D eigenvalue weighted by Crippen LogP contribution is 2.27. The Balaban J connectivity index is 1.75. The second kappa shape index (κ2) is 7.50. The maximum Gasteiger partial charge on any atom is 0.254 e. The standard InChI is InChI=1S/C22H24N6O/c1-5-28-11-10-16(25-28)14-26(3)22(29)18-12-21(19-13-23-27(4)15(19)2)24-20-9-7-6-8-17(18)20/h6-13H,5,14H2,1-4H3. The minimum atomic E-state index is -0.0579. The van der Waals surface area contributed by atoms with Crippen molar-refractivity contribution in [1.29, 1.82) is 0 Å². The zero-order valence-corrected chi connectivity index (χ0v) is 17.1. The highest BCUT2D eigenvalue weighted by atomic mass is 16.2. The van der Waals surface area contributed by atoms with Crippen LogP contribution in [0.25, 0.3) is 22.2 Å². The molecule has 0 N–H and O–H groups in total. The van der Waals surface area contributed by atoms with E-state index < -0.39 is 0 Å². The molecule has 3 heterocycles. The third kappa shape index (κ3) is 3.51. The number of benzene rings is 1. The zero-order chi connectivity index (χ0) is 20.5. The van der Waals surface area contributed by atoms with Crippen molar-refractivity contribution < 1.29 is 4.79 Å². The van der Waals surface area contributed by atoms with Crippen LogP contribution in [0.15, 0.2) is 48.8 Å². The quantitative estimate of drug-likeness (QED) is 0.525. The van der Waals surface area contributed by atoms with E-state index in [1.54, 1.807) is 18.1 Å². The van der Waals surface area contributed by atoms with Crippen LogP contribution in [0.3, 0.4) is 0 Å². The Hall–Kier alpha value is -3.48. The molecule has 7 heteroatoms. The monoisotopic (exact) mass is 388 g/mol. The molecular weight excluding hydrogens is 364 g/mol. The fourth-order valence-electron chi connectivity index (χ4n) is 3.43. The molecule has 1 amide bonds. The molecule has 0 unspecified atom stereocenters. The maximum atomic E-state index is 13.4. The number of nitrogens with zero attached hydrogens (tertiary/aromatic N) is 6. The Morgan fingerprint density at radius 2 is 2.00 bits per heavy atom. The highest BCUT2D eigenvalue weighted by Gasteiger charge is 2.19. The lowest BCUT2D eigenvalue weighted by atomic mass is 10.0. The van der Waals surface area contributed by atoms with Gasteiger partial charge in [-0.1, -0.05) is 18.2 Å². The van der Waals surface area contributed by atoms with E-state index in [4.69, 9.17) is 4.98 Å². The van der Waals surface area contributed by atoms with Gasteiger partial charge in [-0.25, -0.2) is 4.98 Å². The lowest BCUT2D eigenvalue weighted by Gasteiger charge is -2.18. The van der Waals surface area contributed by atoms with Gasteiger partial charge in [-0.3, -0.25) is 14.2 Å². The number of aromatic nitrogens is 5. The Morgan fingerprint density at radius 3 is 2.69 bits per heavy atom. The molecule has 0 aliphatic rings. The largest absolute Gasteiger partial charge is 0.336 e. The third-order valence-corrected chi connectivity index (χ3v) is 5.22. The molecule has 0 radical (unpaired) electrons. The van der Waals surface area contributed by atoms with Crippen molar-refractivity contribution in [3.05, 3.63) is 65.7 Å². The molecule has 3 aromatic heterocycles. The number of hydrogen-bond acceptors (Lipinski definition) is 4. The predicted molar refractivity (Wildman–Crippen MR) is 112 cm³/mol. The number of carbonyl (C=O) groups is 1. The van der Waals surface area contributed by atoms with Crippen molar-refractivity contribution in [3.8, 4) is 11.3 Å². The lowest BCUT2D eigenvalue weighted by molar-refractivity contribution is 0.0785. The van der Waals surface area contributed by atoms with Gasteiger partial charge in [-0.15, -0.1) is 0 Å². The van der Waals surface area contributed by atoms with Crippen LogP contribution < -0.4 is 0 Å². The smallest absolute Gasteiger partial charge is 0.254 e. The average Bonchev–Trinajstić information content (AvgIpc) is 3.33. The van der Waals surface area contributed by atoms with Crippen LogP contribution >= 0.6 is 0 Å². The number of rotatable bonds is 5. The molecule has 7 nitrogen and oxygen atoms in total. The van der Waals surface area contributed by atoms with Gasteiger partial charge < -0.3 is 4.90 Å². The Bertz CT molecular complexity index is 1190. The van der Waals surface area contributed by atoms with E-state index in [9.17, 15) is 4.79 Å². The van der Waals surface area contributed by atoms with E-state index in [0.717, 1.165) is 40.1 Å². The van der Waals surface area contributed by atoms with Gasteiger partial charge in [0.05, 0.1) is 35.2 Å². The van der Waals surface area contributed by atoms with Crippen LogP contribution in [0.2, 0.25) is 0 Å². The number of carbonyl (C=O) groups excluding carboxylic acids is 1. The first-order chi connectivity index (χ1) is 14.0. The minimum absolute atomic E-state index is 0.0579. The number of para-hydroxylation sites is 1. The highest BCUT2D eigenvalue weighted by molar-refractivity contribution is 6.07. The molecule has 148 valence electrons. The summed E-state index contributed by atoms with van der Waals surface area (Å²) in [5.41, 5.74) is 4.97. The molecule has 29 heavy (non-hydrogen) atoms. The van der Waals surface area contributed by atoms with Gasteiger partial charge in [0.15, 0.2) is 0 Å². The van der Waals surface area contributed by atoms with E-state index >= 15 is 0 Å². The first-order valence-corrected chi connectivity index (χ1v) is 9.64. The lowest BCUT2D eigenvalue weighted by Crippen LogP contribution is -2.27. The van der Waals surface area contributed by atoms with Crippen LogP contribution in [-0.2, 0) is 20.1 Å². The van der Waals surface area contributed by atoms with Crippen molar-refractivity contribution in [1.82, 2.24) is 29.4 Å². The summed E-state index contributed by atoms with van der Waals surface area (Å²) in [6, 6.07) is 11.6. The third-order valence-electron chi connectivity index (χ3n) is 5.22. The number of hydrogen-bond donors (Lipinski definition) is 0. The van der Waals surface area contributed by atoms with Crippen LogP contribution in [0, 0.1) is 6.92 Å². The SMILES string of the molecule is CCn1ccc(CN(C)C(=O)c2cc(-c3cnn(C)c3C)nc3ccccc23)n1.